The monoisotopic (exact) mass is 506 g/mol. The number of carboxylic acid groups (broad SMARTS) is 1. The minimum Gasteiger partial charge on any atom is -0.478 e. The average molecular weight is 507 g/mol. The molecule has 0 fully saturated rings. The van der Waals surface area contributed by atoms with Gasteiger partial charge in [-0.3, -0.25) is 13.9 Å². The van der Waals surface area contributed by atoms with Crippen molar-refractivity contribution in [3.05, 3.63) is 129 Å². The van der Waals surface area contributed by atoms with E-state index in [1.807, 2.05) is 60.7 Å². The van der Waals surface area contributed by atoms with Crippen LogP contribution in [-0.2, 0) is 30.7 Å². The van der Waals surface area contributed by atoms with Crippen LogP contribution < -0.4 is 11.2 Å². The van der Waals surface area contributed by atoms with Crippen LogP contribution in [-0.4, -0.2) is 30.2 Å². The van der Waals surface area contributed by atoms with Crippen LogP contribution in [0.15, 0.2) is 101 Å². The van der Waals surface area contributed by atoms with Gasteiger partial charge in [0.1, 0.15) is 11.5 Å². The molecule has 0 unspecified atom stereocenters. The van der Waals surface area contributed by atoms with E-state index < -0.39 is 11.5 Å². The number of benzene rings is 3. The Labute approximate surface area is 218 Å². The summed E-state index contributed by atoms with van der Waals surface area (Å²) in [5.74, 6) is -0.567. The van der Waals surface area contributed by atoms with E-state index in [0.717, 1.165) is 22.8 Å². The van der Waals surface area contributed by atoms with Crippen molar-refractivity contribution < 1.29 is 9.90 Å². The standard InChI is InChI=1S/C30H26N4O4/c35-25(36)16-13-23-11-14-24(15-12-23)27-31-26-28(32-27)33(19-17-21-7-3-1-4-8-21)30(38)34(29(26)37)20-18-22-9-5-2-6-10-22/h1-16H,17-20H2,(H,31,32)(H,35,36). The van der Waals surface area contributed by atoms with Gasteiger partial charge >= 0.3 is 11.7 Å². The predicted octanol–water partition coefficient (Wildman–Crippen LogP) is 4.14. The summed E-state index contributed by atoms with van der Waals surface area (Å²) in [5, 5.41) is 8.84. The molecule has 0 atom stereocenters. The zero-order valence-corrected chi connectivity index (χ0v) is 20.6. The molecule has 8 nitrogen and oxygen atoms in total. The van der Waals surface area contributed by atoms with E-state index in [4.69, 9.17) is 5.11 Å². The fourth-order valence-electron chi connectivity index (χ4n) is 4.40. The van der Waals surface area contributed by atoms with Gasteiger partial charge < -0.3 is 10.1 Å². The molecule has 38 heavy (non-hydrogen) atoms. The maximum absolute atomic E-state index is 13.6. The highest BCUT2D eigenvalue weighted by Crippen LogP contribution is 2.20. The first-order valence-corrected chi connectivity index (χ1v) is 12.3. The summed E-state index contributed by atoms with van der Waals surface area (Å²) >= 11 is 0. The molecule has 0 radical (unpaired) electrons. The van der Waals surface area contributed by atoms with Crippen LogP contribution in [0.3, 0.4) is 0 Å². The summed E-state index contributed by atoms with van der Waals surface area (Å²) in [6.07, 6.45) is 3.73. The molecule has 0 aliphatic carbocycles. The first-order chi connectivity index (χ1) is 18.5. The van der Waals surface area contributed by atoms with Gasteiger partial charge in [0.15, 0.2) is 5.52 Å². The molecule has 0 bridgehead atoms. The van der Waals surface area contributed by atoms with E-state index in [1.165, 1.54) is 10.6 Å². The highest BCUT2D eigenvalue weighted by molar-refractivity contribution is 5.85. The SMILES string of the molecule is O=C(O)C=Cc1ccc(-c2nc3c(=O)n(CCc4ccccc4)c(=O)n(CCc4ccccc4)c3[nH]2)cc1. The van der Waals surface area contributed by atoms with Crippen molar-refractivity contribution in [2.75, 3.05) is 0 Å². The Morgan fingerprint density at radius 1 is 0.816 bits per heavy atom. The number of aliphatic carboxylic acids is 1. The summed E-state index contributed by atoms with van der Waals surface area (Å²) in [6.45, 7) is 0.626. The first-order valence-electron chi connectivity index (χ1n) is 12.3. The summed E-state index contributed by atoms with van der Waals surface area (Å²) in [6, 6.07) is 26.7. The largest absolute Gasteiger partial charge is 0.478 e. The van der Waals surface area contributed by atoms with Crippen molar-refractivity contribution in [1.82, 2.24) is 19.1 Å². The Morgan fingerprint density at radius 3 is 1.97 bits per heavy atom. The molecule has 2 heterocycles. The van der Waals surface area contributed by atoms with Crippen LogP contribution in [0.5, 0.6) is 0 Å². The second-order valence-electron chi connectivity index (χ2n) is 8.94. The molecule has 0 amide bonds. The molecule has 5 aromatic rings. The molecule has 2 N–H and O–H groups in total. The number of imidazole rings is 1. The molecule has 0 spiro atoms. The van der Waals surface area contributed by atoms with E-state index in [-0.39, 0.29) is 17.8 Å². The third-order valence-corrected chi connectivity index (χ3v) is 6.40. The lowest BCUT2D eigenvalue weighted by atomic mass is 10.1. The minimum absolute atomic E-state index is 0.204. The van der Waals surface area contributed by atoms with Gasteiger partial charge in [-0.15, -0.1) is 0 Å². The van der Waals surface area contributed by atoms with Crippen LogP contribution in [0.1, 0.15) is 16.7 Å². The van der Waals surface area contributed by atoms with Gasteiger partial charge in [-0.2, -0.15) is 0 Å². The molecule has 8 heteroatoms. The number of fused-ring (bicyclic) bond motifs is 1. The zero-order valence-electron chi connectivity index (χ0n) is 20.6. The fraction of sp³-hybridized carbons (Fsp3) is 0.133. The van der Waals surface area contributed by atoms with Gasteiger partial charge in [-0.25, -0.2) is 14.6 Å². The summed E-state index contributed by atoms with van der Waals surface area (Å²) in [7, 11) is 0. The lowest BCUT2D eigenvalue weighted by Gasteiger charge is -2.12. The Kier molecular flexibility index (Phi) is 7.13. The minimum atomic E-state index is -1.02. The number of carboxylic acids is 1. The Balaban J connectivity index is 1.55. The molecule has 0 saturated carbocycles. The lowest BCUT2D eigenvalue weighted by Crippen LogP contribution is -2.41. The summed E-state index contributed by atoms with van der Waals surface area (Å²) in [4.78, 5) is 45.6. The van der Waals surface area contributed by atoms with E-state index in [1.54, 1.807) is 28.8 Å². The van der Waals surface area contributed by atoms with Crippen molar-refractivity contribution in [3.63, 3.8) is 0 Å². The fourth-order valence-corrected chi connectivity index (χ4v) is 4.40. The van der Waals surface area contributed by atoms with Crippen molar-refractivity contribution in [1.29, 1.82) is 0 Å². The molecule has 0 saturated heterocycles. The zero-order chi connectivity index (χ0) is 26.5. The van der Waals surface area contributed by atoms with E-state index >= 15 is 0 Å². The normalized spacial score (nSPS) is 11.4. The number of rotatable bonds is 9. The van der Waals surface area contributed by atoms with Gasteiger partial charge in [0.25, 0.3) is 5.56 Å². The maximum atomic E-state index is 13.6. The quantitative estimate of drug-likeness (QED) is 0.292. The van der Waals surface area contributed by atoms with Gasteiger partial charge in [0.2, 0.25) is 0 Å². The number of aromatic amines is 1. The molecule has 2 aromatic heterocycles. The third-order valence-electron chi connectivity index (χ3n) is 6.40. The number of nitrogens with zero attached hydrogens (tertiary/aromatic N) is 3. The first kappa shape index (κ1) is 24.7. The number of aromatic nitrogens is 4. The van der Waals surface area contributed by atoms with Crippen LogP contribution in [0.4, 0.5) is 0 Å². The van der Waals surface area contributed by atoms with Crippen molar-refractivity contribution in [3.8, 4) is 11.4 Å². The van der Waals surface area contributed by atoms with E-state index in [0.29, 0.717) is 36.4 Å². The highest BCUT2D eigenvalue weighted by Gasteiger charge is 2.18. The van der Waals surface area contributed by atoms with E-state index in [9.17, 15) is 14.4 Å². The number of H-pyrrole nitrogens is 1. The number of hydrogen-bond donors (Lipinski definition) is 2. The molecular formula is C30H26N4O4. The number of aryl methyl sites for hydroxylation is 3. The second kappa shape index (κ2) is 11.0. The molecule has 3 aromatic carbocycles. The summed E-state index contributed by atoms with van der Waals surface area (Å²) < 4.78 is 2.86. The summed E-state index contributed by atoms with van der Waals surface area (Å²) in [5.41, 5.74) is 3.33. The van der Waals surface area contributed by atoms with Gasteiger partial charge in [-0.05, 0) is 35.6 Å². The van der Waals surface area contributed by atoms with Gasteiger partial charge in [0.05, 0.1) is 0 Å². The Bertz CT molecular complexity index is 1710. The van der Waals surface area contributed by atoms with Crippen molar-refractivity contribution in [2.45, 2.75) is 25.9 Å². The van der Waals surface area contributed by atoms with Crippen LogP contribution in [0, 0.1) is 0 Å². The van der Waals surface area contributed by atoms with Gasteiger partial charge in [-0.1, -0.05) is 84.9 Å². The maximum Gasteiger partial charge on any atom is 0.332 e. The molecular weight excluding hydrogens is 480 g/mol. The highest BCUT2D eigenvalue weighted by atomic mass is 16.4. The average Bonchev–Trinajstić information content (AvgIpc) is 3.39. The molecule has 0 aliphatic rings. The number of carbonyl (C=O) groups is 1. The van der Waals surface area contributed by atoms with Crippen LogP contribution in [0.25, 0.3) is 28.6 Å². The molecule has 190 valence electrons. The smallest absolute Gasteiger partial charge is 0.332 e. The third kappa shape index (κ3) is 5.39. The van der Waals surface area contributed by atoms with Crippen LogP contribution >= 0.6 is 0 Å². The number of nitrogens with one attached hydrogen (secondary N) is 1. The number of hydrogen-bond acceptors (Lipinski definition) is 4. The van der Waals surface area contributed by atoms with Crippen molar-refractivity contribution in [2.24, 2.45) is 0 Å². The Hall–Kier alpha value is -4.98. The second-order valence-corrected chi connectivity index (χ2v) is 8.94. The molecule has 5 rings (SSSR count). The van der Waals surface area contributed by atoms with Crippen molar-refractivity contribution >= 4 is 23.2 Å². The van der Waals surface area contributed by atoms with E-state index in [2.05, 4.69) is 9.97 Å². The topological polar surface area (TPSA) is 110 Å². The van der Waals surface area contributed by atoms with Gasteiger partial charge in [0, 0.05) is 24.7 Å². The lowest BCUT2D eigenvalue weighted by molar-refractivity contribution is -0.131. The molecule has 0 aliphatic heterocycles. The Morgan fingerprint density at radius 2 is 1.39 bits per heavy atom. The predicted molar refractivity (Wildman–Crippen MR) is 147 cm³/mol. The van der Waals surface area contributed by atoms with Crippen LogP contribution in [0.2, 0.25) is 0 Å².